The van der Waals surface area contributed by atoms with Crippen molar-refractivity contribution in [1.29, 1.82) is 0 Å². The Kier molecular flexibility index (Phi) is 5.04. The van der Waals surface area contributed by atoms with Gasteiger partial charge in [-0.05, 0) is 37.0 Å². The first-order valence-electron chi connectivity index (χ1n) is 7.23. The molecular weight excluding hydrogens is 332 g/mol. The molecule has 0 aromatic heterocycles. The number of amides is 2. The second kappa shape index (κ2) is 6.60. The number of carbonyl (C=O) groups excluding carboxylic acids is 2. The van der Waals surface area contributed by atoms with Crippen molar-refractivity contribution < 1.29 is 9.59 Å². The summed E-state index contributed by atoms with van der Waals surface area (Å²) in [5, 5.41) is 5.76. The van der Waals surface area contributed by atoms with E-state index >= 15 is 0 Å². The van der Waals surface area contributed by atoms with E-state index in [9.17, 15) is 9.59 Å². The lowest BCUT2D eigenvalue weighted by Gasteiger charge is -2.08. The molecule has 1 aromatic rings. The van der Waals surface area contributed by atoms with Gasteiger partial charge in [0, 0.05) is 16.7 Å². The molecule has 4 nitrogen and oxygen atoms in total. The van der Waals surface area contributed by atoms with Crippen LogP contribution >= 0.6 is 15.9 Å². The highest BCUT2D eigenvalue weighted by Crippen LogP contribution is 2.39. The number of hydrogen-bond acceptors (Lipinski definition) is 2. The molecule has 0 radical (unpaired) electrons. The fourth-order valence-corrected chi connectivity index (χ4v) is 2.49. The summed E-state index contributed by atoms with van der Waals surface area (Å²) < 4.78 is 0.960. The highest BCUT2D eigenvalue weighted by atomic mass is 79.9. The van der Waals surface area contributed by atoms with Crippen LogP contribution in [0.1, 0.15) is 25.8 Å². The van der Waals surface area contributed by atoms with Crippen LogP contribution in [0.2, 0.25) is 0 Å². The van der Waals surface area contributed by atoms with E-state index in [2.05, 4.69) is 26.6 Å². The summed E-state index contributed by atoms with van der Waals surface area (Å²) in [5.41, 5.74) is 1.87. The standard InChI is InChI=1S/C16H21BrN2O2/c1-9(2)8-18-15(20)12-7-13(12)16(21)19-11-5-4-10(3)14(17)6-11/h4-6,9,12-13H,7-8H2,1-3H3,(H,18,20)(H,19,21). The SMILES string of the molecule is Cc1ccc(NC(=O)C2CC2C(=O)NCC(C)C)cc1Br. The summed E-state index contributed by atoms with van der Waals surface area (Å²) in [4.78, 5) is 24.0. The molecule has 0 saturated heterocycles. The molecule has 114 valence electrons. The first kappa shape index (κ1) is 16.0. The van der Waals surface area contributed by atoms with Crippen molar-refractivity contribution in [2.24, 2.45) is 17.8 Å². The van der Waals surface area contributed by atoms with Crippen molar-refractivity contribution >= 4 is 33.4 Å². The molecular formula is C16H21BrN2O2. The van der Waals surface area contributed by atoms with E-state index in [0.29, 0.717) is 18.9 Å². The van der Waals surface area contributed by atoms with Gasteiger partial charge in [-0.25, -0.2) is 0 Å². The summed E-state index contributed by atoms with van der Waals surface area (Å²) in [6.07, 6.45) is 0.642. The number of carbonyl (C=O) groups is 2. The third kappa shape index (κ3) is 4.30. The van der Waals surface area contributed by atoms with Crippen molar-refractivity contribution in [3.63, 3.8) is 0 Å². The second-order valence-corrected chi connectivity index (χ2v) is 6.90. The Labute approximate surface area is 133 Å². The summed E-state index contributed by atoms with van der Waals surface area (Å²) in [7, 11) is 0. The number of rotatable bonds is 5. The Hall–Kier alpha value is -1.36. The molecule has 1 saturated carbocycles. The molecule has 0 bridgehead atoms. The molecule has 2 unspecified atom stereocenters. The van der Waals surface area contributed by atoms with Crippen LogP contribution < -0.4 is 10.6 Å². The largest absolute Gasteiger partial charge is 0.356 e. The molecule has 1 aromatic carbocycles. The number of benzene rings is 1. The molecule has 1 fully saturated rings. The van der Waals surface area contributed by atoms with E-state index in [4.69, 9.17) is 0 Å². The van der Waals surface area contributed by atoms with Gasteiger partial charge in [0.1, 0.15) is 0 Å². The normalized spacial score (nSPS) is 20.2. The van der Waals surface area contributed by atoms with Gasteiger partial charge in [-0.2, -0.15) is 0 Å². The van der Waals surface area contributed by atoms with Gasteiger partial charge in [0.25, 0.3) is 0 Å². The van der Waals surface area contributed by atoms with Gasteiger partial charge in [-0.1, -0.05) is 35.8 Å². The Balaban J connectivity index is 1.85. The third-order valence-corrected chi connectivity index (χ3v) is 4.44. The molecule has 0 spiro atoms. The molecule has 0 aliphatic heterocycles. The van der Waals surface area contributed by atoms with Crippen LogP contribution in [0.5, 0.6) is 0 Å². The zero-order valence-corrected chi connectivity index (χ0v) is 14.2. The van der Waals surface area contributed by atoms with Crippen LogP contribution in [-0.2, 0) is 9.59 Å². The Morgan fingerprint density at radius 2 is 1.95 bits per heavy atom. The molecule has 1 aliphatic carbocycles. The molecule has 0 heterocycles. The molecule has 21 heavy (non-hydrogen) atoms. The Bertz CT molecular complexity index is 557. The number of halogens is 1. The summed E-state index contributed by atoms with van der Waals surface area (Å²) >= 11 is 3.44. The van der Waals surface area contributed by atoms with Crippen molar-refractivity contribution in [1.82, 2.24) is 5.32 Å². The molecule has 1 aliphatic rings. The van der Waals surface area contributed by atoms with Gasteiger partial charge < -0.3 is 10.6 Å². The third-order valence-electron chi connectivity index (χ3n) is 3.59. The zero-order valence-electron chi connectivity index (χ0n) is 12.6. The Morgan fingerprint density at radius 1 is 1.29 bits per heavy atom. The van der Waals surface area contributed by atoms with Gasteiger partial charge in [0.05, 0.1) is 11.8 Å². The minimum atomic E-state index is -0.197. The van der Waals surface area contributed by atoms with Crippen molar-refractivity contribution in [3.05, 3.63) is 28.2 Å². The van der Waals surface area contributed by atoms with Crippen LogP contribution in [0.3, 0.4) is 0 Å². The number of hydrogen-bond donors (Lipinski definition) is 2. The topological polar surface area (TPSA) is 58.2 Å². The molecule has 5 heteroatoms. The van der Waals surface area contributed by atoms with Gasteiger partial charge in [0.2, 0.25) is 11.8 Å². The Morgan fingerprint density at radius 3 is 2.57 bits per heavy atom. The zero-order chi connectivity index (χ0) is 15.6. The van der Waals surface area contributed by atoms with Crippen LogP contribution in [0, 0.1) is 24.7 Å². The minimum absolute atomic E-state index is 0.00561. The highest BCUT2D eigenvalue weighted by molar-refractivity contribution is 9.10. The van der Waals surface area contributed by atoms with E-state index < -0.39 is 0 Å². The quantitative estimate of drug-likeness (QED) is 0.855. The lowest BCUT2D eigenvalue weighted by atomic mass is 10.2. The van der Waals surface area contributed by atoms with E-state index in [0.717, 1.165) is 15.7 Å². The minimum Gasteiger partial charge on any atom is -0.356 e. The second-order valence-electron chi connectivity index (χ2n) is 6.04. The van der Waals surface area contributed by atoms with Crippen LogP contribution in [-0.4, -0.2) is 18.4 Å². The predicted octanol–water partition coefficient (Wildman–Crippen LogP) is 3.10. The van der Waals surface area contributed by atoms with E-state index in [1.807, 2.05) is 39.0 Å². The summed E-state index contributed by atoms with van der Waals surface area (Å²) in [6.45, 7) is 6.75. The summed E-state index contributed by atoms with van der Waals surface area (Å²) in [6, 6.07) is 5.69. The van der Waals surface area contributed by atoms with Crippen molar-refractivity contribution in [3.8, 4) is 0 Å². The maximum atomic E-state index is 12.1. The predicted molar refractivity (Wildman–Crippen MR) is 87.0 cm³/mol. The summed E-state index contributed by atoms with van der Waals surface area (Å²) in [5.74, 6) is -0.0239. The maximum absolute atomic E-state index is 12.1. The van der Waals surface area contributed by atoms with Crippen LogP contribution in [0.25, 0.3) is 0 Å². The number of nitrogens with one attached hydrogen (secondary N) is 2. The first-order chi connectivity index (χ1) is 9.88. The van der Waals surface area contributed by atoms with Gasteiger partial charge in [-0.15, -0.1) is 0 Å². The average Bonchev–Trinajstić information content (AvgIpc) is 3.20. The maximum Gasteiger partial charge on any atom is 0.228 e. The first-order valence-corrected chi connectivity index (χ1v) is 8.02. The van der Waals surface area contributed by atoms with E-state index in [1.165, 1.54) is 0 Å². The number of aryl methyl sites for hydroxylation is 1. The van der Waals surface area contributed by atoms with E-state index in [-0.39, 0.29) is 23.7 Å². The van der Waals surface area contributed by atoms with Crippen molar-refractivity contribution in [2.45, 2.75) is 27.2 Å². The molecule has 2 rings (SSSR count). The molecule has 2 atom stereocenters. The fraction of sp³-hybridized carbons (Fsp3) is 0.500. The molecule has 2 N–H and O–H groups in total. The smallest absolute Gasteiger partial charge is 0.228 e. The molecule has 2 amide bonds. The highest BCUT2D eigenvalue weighted by Gasteiger charge is 2.47. The average molecular weight is 353 g/mol. The van der Waals surface area contributed by atoms with Crippen molar-refractivity contribution in [2.75, 3.05) is 11.9 Å². The fourth-order valence-electron chi connectivity index (χ4n) is 2.12. The van der Waals surface area contributed by atoms with E-state index in [1.54, 1.807) is 0 Å². The van der Waals surface area contributed by atoms with Gasteiger partial charge in [0.15, 0.2) is 0 Å². The lowest BCUT2D eigenvalue weighted by Crippen LogP contribution is -2.30. The van der Waals surface area contributed by atoms with Crippen LogP contribution in [0.4, 0.5) is 5.69 Å². The number of anilines is 1. The van der Waals surface area contributed by atoms with Gasteiger partial charge in [-0.3, -0.25) is 9.59 Å². The lowest BCUT2D eigenvalue weighted by molar-refractivity contribution is -0.125. The van der Waals surface area contributed by atoms with Gasteiger partial charge >= 0.3 is 0 Å². The van der Waals surface area contributed by atoms with Crippen LogP contribution in [0.15, 0.2) is 22.7 Å². The monoisotopic (exact) mass is 352 g/mol.